The minimum Gasteiger partial charge on any atom is -0.480 e. The molecule has 2 amide bonds. The number of carbonyl (C=O) groups excluding carboxylic acids is 3. The Labute approximate surface area is 203 Å². The molecule has 3 N–H and O–H groups in total. The molecule has 9 nitrogen and oxygen atoms in total. The molecule has 1 unspecified atom stereocenters. The molecule has 2 aromatic rings. The summed E-state index contributed by atoms with van der Waals surface area (Å²) >= 11 is 0. The summed E-state index contributed by atoms with van der Waals surface area (Å²) in [7, 11) is 0. The standard InChI is InChI=1S/C26H30N2O7/c1-4-15(3)21(24(30)31)27-23(29)22(25(32)34-5-2)28-26(33)35-14-20-18-12-8-6-10-16(18)17-11-7-9-13-19(17)20/h6-13,15,20-22H,4-5,14H2,1-3H3,(H,27,29)(H,28,33)(H,30,31)/t15-,21-,22?/m0/s1. The van der Waals surface area contributed by atoms with Crippen molar-refractivity contribution in [3.05, 3.63) is 59.7 Å². The molecular weight excluding hydrogens is 452 g/mol. The Morgan fingerprint density at radius 3 is 2.00 bits per heavy atom. The van der Waals surface area contributed by atoms with Crippen molar-refractivity contribution in [2.75, 3.05) is 13.2 Å². The van der Waals surface area contributed by atoms with Gasteiger partial charge in [0, 0.05) is 5.92 Å². The highest BCUT2D eigenvalue weighted by Gasteiger charge is 2.35. The second kappa shape index (κ2) is 11.5. The maximum Gasteiger partial charge on any atom is 0.408 e. The fourth-order valence-corrected chi connectivity index (χ4v) is 4.13. The van der Waals surface area contributed by atoms with Gasteiger partial charge in [-0.1, -0.05) is 68.8 Å². The van der Waals surface area contributed by atoms with Crippen molar-refractivity contribution in [2.24, 2.45) is 5.92 Å². The molecule has 1 aliphatic rings. The maximum atomic E-state index is 12.8. The lowest BCUT2D eigenvalue weighted by Gasteiger charge is -2.23. The van der Waals surface area contributed by atoms with Gasteiger partial charge < -0.3 is 19.9 Å². The van der Waals surface area contributed by atoms with Crippen molar-refractivity contribution in [1.29, 1.82) is 0 Å². The van der Waals surface area contributed by atoms with Crippen LogP contribution in [0.4, 0.5) is 4.79 Å². The molecule has 0 aliphatic heterocycles. The fraction of sp³-hybridized carbons (Fsp3) is 0.385. The van der Waals surface area contributed by atoms with Gasteiger partial charge in [-0.15, -0.1) is 0 Å². The first kappa shape index (κ1) is 25.7. The van der Waals surface area contributed by atoms with E-state index >= 15 is 0 Å². The number of alkyl carbamates (subject to hydrolysis) is 1. The monoisotopic (exact) mass is 482 g/mol. The third-order valence-electron chi connectivity index (χ3n) is 6.17. The number of carboxylic acids is 1. The topological polar surface area (TPSA) is 131 Å². The van der Waals surface area contributed by atoms with Crippen LogP contribution < -0.4 is 10.6 Å². The lowest BCUT2D eigenvalue weighted by Crippen LogP contribution is -2.56. The van der Waals surface area contributed by atoms with Crippen LogP contribution in [0.2, 0.25) is 0 Å². The van der Waals surface area contributed by atoms with Crippen LogP contribution in [-0.4, -0.2) is 54.3 Å². The average Bonchev–Trinajstić information content (AvgIpc) is 3.17. The van der Waals surface area contributed by atoms with E-state index in [4.69, 9.17) is 9.47 Å². The molecule has 0 saturated carbocycles. The highest BCUT2D eigenvalue weighted by Crippen LogP contribution is 2.44. The third-order valence-corrected chi connectivity index (χ3v) is 6.17. The summed E-state index contributed by atoms with van der Waals surface area (Å²) in [6.45, 7) is 4.96. The number of aliphatic carboxylic acids is 1. The number of fused-ring (bicyclic) bond motifs is 3. The number of esters is 1. The molecule has 1 aliphatic carbocycles. The molecule has 0 heterocycles. The number of carbonyl (C=O) groups is 4. The molecule has 0 bridgehead atoms. The van der Waals surface area contributed by atoms with Crippen molar-refractivity contribution in [2.45, 2.75) is 45.2 Å². The summed E-state index contributed by atoms with van der Waals surface area (Å²) < 4.78 is 10.3. The maximum absolute atomic E-state index is 12.8. The van der Waals surface area contributed by atoms with Gasteiger partial charge in [0.1, 0.15) is 12.6 Å². The predicted octanol–water partition coefficient (Wildman–Crippen LogP) is 3.07. The lowest BCUT2D eigenvalue weighted by atomic mass is 9.98. The quantitative estimate of drug-likeness (QED) is 0.350. The second-order valence-corrected chi connectivity index (χ2v) is 8.36. The Kier molecular flexibility index (Phi) is 8.46. The molecule has 3 atom stereocenters. The van der Waals surface area contributed by atoms with Gasteiger partial charge in [0.15, 0.2) is 0 Å². The number of amides is 2. The van der Waals surface area contributed by atoms with Gasteiger partial charge in [-0.05, 0) is 35.1 Å². The lowest BCUT2D eigenvalue weighted by molar-refractivity contribution is -0.151. The van der Waals surface area contributed by atoms with Crippen LogP contribution in [0.3, 0.4) is 0 Å². The van der Waals surface area contributed by atoms with Gasteiger partial charge in [-0.2, -0.15) is 0 Å². The summed E-state index contributed by atoms with van der Waals surface area (Å²) in [6.07, 6.45) is -0.503. The first-order valence-electron chi connectivity index (χ1n) is 11.6. The average molecular weight is 483 g/mol. The van der Waals surface area contributed by atoms with Crippen molar-refractivity contribution >= 4 is 23.9 Å². The molecule has 0 saturated heterocycles. The molecule has 35 heavy (non-hydrogen) atoms. The van der Waals surface area contributed by atoms with Gasteiger partial charge in [0.05, 0.1) is 6.61 Å². The Bertz CT molecular complexity index is 1060. The Morgan fingerprint density at radius 1 is 0.914 bits per heavy atom. The van der Waals surface area contributed by atoms with E-state index in [1.807, 2.05) is 48.5 Å². The van der Waals surface area contributed by atoms with Gasteiger partial charge in [0.25, 0.3) is 5.91 Å². The van der Waals surface area contributed by atoms with Gasteiger partial charge in [-0.3, -0.25) is 10.1 Å². The molecule has 0 fully saturated rings. The number of hydrogen-bond donors (Lipinski definition) is 3. The molecule has 3 rings (SSSR count). The summed E-state index contributed by atoms with van der Waals surface area (Å²) in [6, 6.07) is 12.7. The molecule has 186 valence electrons. The Morgan fingerprint density at radius 2 is 1.49 bits per heavy atom. The normalized spacial score (nSPS) is 14.6. The van der Waals surface area contributed by atoms with E-state index in [1.165, 1.54) is 0 Å². The van der Waals surface area contributed by atoms with E-state index in [0.717, 1.165) is 22.3 Å². The minimum absolute atomic E-state index is 0.0123. The Balaban J connectivity index is 1.71. The molecule has 0 radical (unpaired) electrons. The van der Waals surface area contributed by atoms with Crippen LogP contribution in [0.5, 0.6) is 0 Å². The molecule has 0 aromatic heterocycles. The summed E-state index contributed by atoms with van der Waals surface area (Å²) in [4.78, 5) is 49.4. The number of carboxylic acid groups (broad SMARTS) is 1. The number of benzene rings is 2. The van der Waals surface area contributed by atoms with Gasteiger partial charge in [-0.25, -0.2) is 14.4 Å². The molecule has 0 spiro atoms. The molecular formula is C26H30N2O7. The van der Waals surface area contributed by atoms with Crippen LogP contribution in [0.15, 0.2) is 48.5 Å². The zero-order valence-electron chi connectivity index (χ0n) is 19.9. The Hall–Kier alpha value is -3.88. The number of nitrogens with one attached hydrogen (secondary N) is 2. The van der Waals surface area contributed by atoms with Crippen LogP contribution >= 0.6 is 0 Å². The van der Waals surface area contributed by atoms with E-state index < -0.39 is 41.9 Å². The second-order valence-electron chi connectivity index (χ2n) is 8.36. The highest BCUT2D eigenvalue weighted by molar-refractivity contribution is 6.05. The van der Waals surface area contributed by atoms with Crippen LogP contribution in [0, 0.1) is 5.92 Å². The van der Waals surface area contributed by atoms with E-state index in [-0.39, 0.29) is 19.1 Å². The molecule has 9 heteroatoms. The minimum atomic E-state index is -1.75. The SMILES string of the molecule is CCOC(=O)C(NC(=O)OCC1c2ccccc2-c2ccccc21)C(=O)N[C@H](C(=O)O)[C@@H](C)CC. The first-order chi connectivity index (χ1) is 16.8. The number of hydrogen-bond acceptors (Lipinski definition) is 6. The van der Waals surface area contributed by atoms with E-state index in [0.29, 0.717) is 6.42 Å². The smallest absolute Gasteiger partial charge is 0.408 e. The van der Waals surface area contributed by atoms with Crippen molar-refractivity contribution in [3.63, 3.8) is 0 Å². The zero-order chi connectivity index (χ0) is 25.5. The number of ether oxygens (including phenoxy) is 2. The van der Waals surface area contributed by atoms with Crippen molar-refractivity contribution in [1.82, 2.24) is 10.6 Å². The highest BCUT2D eigenvalue weighted by atomic mass is 16.6. The zero-order valence-corrected chi connectivity index (χ0v) is 19.9. The van der Waals surface area contributed by atoms with E-state index in [9.17, 15) is 24.3 Å². The summed E-state index contributed by atoms with van der Waals surface area (Å²) in [5.74, 6) is -3.83. The van der Waals surface area contributed by atoms with Gasteiger partial charge >= 0.3 is 18.0 Å². The fourth-order valence-electron chi connectivity index (χ4n) is 4.13. The third kappa shape index (κ3) is 5.79. The van der Waals surface area contributed by atoms with E-state index in [1.54, 1.807) is 20.8 Å². The number of rotatable bonds is 10. The largest absolute Gasteiger partial charge is 0.480 e. The van der Waals surface area contributed by atoms with Crippen LogP contribution in [0.25, 0.3) is 11.1 Å². The van der Waals surface area contributed by atoms with Crippen LogP contribution in [0.1, 0.15) is 44.2 Å². The predicted molar refractivity (Wildman–Crippen MR) is 128 cm³/mol. The van der Waals surface area contributed by atoms with Gasteiger partial charge in [0.2, 0.25) is 6.04 Å². The van der Waals surface area contributed by atoms with E-state index in [2.05, 4.69) is 10.6 Å². The summed E-state index contributed by atoms with van der Waals surface area (Å²) in [5, 5.41) is 14.0. The van der Waals surface area contributed by atoms with Crippen molar-refractivity contribution in [3.8, 4) is 11.1 Å². The van der Waals surface area contributed by atoms with Crippen LogP contribution in [-0.2, 0) is 23.9 Å². The van der Waals surface area contributed by atoms with Crippen molar-refractivity contribution < 1.29 is 33.8 Å². The first-order valence-corrected chi connectivity index (χ1v) is 11.6. The molecule has 2 aromatic carbocycles. The summed E-state index contributed by atoms with van der Waals surface area (Å²) in [5.41, 5.74) is 4.15.